The molecule has 0 radical (unpaired) electrons. The minimum atomic E-state index is -3.60. The summed E-state index contributed by atoms with van der Waals surface area (Å²) >= 11 is 1.58. The molecule has 7 heteroatoms. The van der Waals surface area contributed by atoms with Gasteiger partial charge >= 0.3 is 0 Å². The molecule has 2 aromatic carbocycles. The molecular weight excluding hydrogens is 414 g/mol. The Morgan fingerprint density at radius 2 is 1.83 bits per heavy atom. The minimum absolute atomic E-state index is 0.210. The summed E-state index contributed by atoms with van der Waals surface area (Å²) in [5, 5.41) is 0. The van der Waals surface area contributed by atoms with Gasteiger partial charge in [0.05, 0.1) is 6.27 Å². The summed E-state index contributed by atoms with van der Waals surface area (Å²) in [4.78, 5) is 5.89. The molecule has 0 spiro atoms. The third kappa shape index (κ3) is 4.36. The van der Waals surface area contributed by atoms with Crippen molar-refractivity contribution in [2.75, 3.05) is 53.8 Å². The molecule has 1 fully saturated rings. The van der Waals surface area contributed by atoms with Crippen molar-refractivity contribution < 1.29 is 13.9 Å². The largest absolute Gasteiger partial charge is 0.304 e. The third-order valence-electron chi connectivity index (χ3n) is 5.48. The fraction of sp³-hybridized carbons (Fsp3) is 0.391. The fourth-order valence-electron chi connectivity index (χ4n) is 3.69. The van der Waals surface area contributed by atoms with Crippen molar-refractivity contribution in [3.8, 4) is 0 Å². The maximum Gasteiger partial charge on any atom is 0.242 e. The van der Waals surface area contributed by atoms with Gasteiger partial charge in [-0.1, -0.05) is 36.0 Å². The highest BCUT2D eigenvalue weighted by molar-refractivity contribution is 7.99. The number of hydrogen-bond acceptors (Lipinski definition) is 5. The van der Waals surface area contributed by atoms with Crippen LogP contribution in [-0.2, 0) is 10.0 Å². The number of nitrogens with zero attached hydrogens (tertiary/aromatic N) is 3. The molecule has 0 N–H and O–H groups in total. The summed E-state index contributed by atoms with van der Waals surface area (Å²) in [7, 11) is -0.579. The summed E-state index contributed by atoms with van der Waals surface area (Å²) in [5.41, 5.74) is 2.47. The molecule has 0 atom stereocenters. The first kappa shape index (κ1) is 17.0. The maximum atomic E-state index is 12.8. The van der Waals surface area contributed by atoms with Crippen LogP contribution < -0.4 is 0 Å². The van der Waals surface area contributed by atoms with E-state index in [1.54, 1.807) is 23.9 Å². The Bertz CT molecular complexity index is 1200. The molecule has 2 aliphatic rings. The minimum Gasteiger partial charge on any atom is -0.304 e. The number of benzene rings is 2. The molecule has 0 unspecified atom stereocenters. The Balaban J connectivity index is 1.64. The van der Waals surface area contributed by atoms with Gasteiger partial charge in [-0.15, -0.1) is 0 Å². The molecule has 2 heterocycles. The summed E-state index contributed by atoms with van der Waals surface area (Å²) in [6.45, 7) is 0.845. The number of hydrogen-bond donors (Lipinski definition) is 0. The van der Waals surface area contributed by atoms with Crippen LogP contribution in [0.2, 0.25) is 0 Å². The SMILES string of the molecule is [2H]/C(CCN1CCN(C([2H])([2H])[2H])CC1)=C1\c2ccccc2Sc2ccc(S(=O)(=O)N(C)C)cc21. The molecule has 0 amide bonds. The lowest BCUT2D eigenvalue weighted by atomic mass is 9.96. The van der Waals surface area contributed by atoms with Crippen molar-refractivity contribution in [3.63, 3.8) is 0 Å². The Morgan fingerprint density at radius 3 is 2.57 bits per heavy atom. The van der Waals surface area contributed by atoms with E-state index in [9.17, 15) is 8.42 Å². The first-order valence-corrected chi connectivity index (χ1v) is 12.3. The van der Waals surface area contributed by atoms with Gasteiger partial charge in [0.1, 0.15) is 0 Å². The fourth-order valence-corrected chi connectivity index (χ4v) is 5.69. The molecule has 2 aliphatic heterocycles. The van der Waals surface area contributed by atoms with E-state index >= 15 is 0 Å². The van der Waals surface area contributed by atoms with Gasteiger partial charge in [-0.25, -0.2) is 12.7 Å². The molecule has 4 rings (SSSR count). The van der Waals surface area contributed by atoms with E-state index in [1.807, 2.05) is 30.3 Å². The lowest BCUT2D eigenvalue weighted by molar-refractivity contribution is 0.156. The van der Waals surface area contributed by atoms with Crippen molar-refractivity contribution in [1.29, 1.82) is 0 Å². The van der Waals surface area contributed by atoms with Crippen LogP contribution >= 0.6 is 11.8 Å². The molecule has 0 bridgehead atoms. The molecule has 0 aliphatic carbocycles. The van der Waals surface area contributed by atoms with Crippen molar-refractivity contribution in [2.45, 2.75) is 21.1 Å². The monoisotopic (exact) mass is 447 g/mol. The summed E-state index contributed by atoms with van der Waals surface area (Å²) in [6.07, 6.45) is 0.492. The second-order valence-corrected chi connectivity index (χ2v) is 10.9. The predicted octanol–water partition coefficient (Wildman–Crippen LogP) is 3.47. The van der Waals surface area contributed by atoms with Crippen LogP contribution in [0, 0.1) is 0 Å². The van der Waals surface area contributed by atoms with E-state index in [-0.39, 0.29) is 4.90 Å². The van der Waals surface area contributed by atoms with Crippen LogP contribution in [0.4, 0.5) is 0 Å². The topological polar surface area (TPSA) is 43.9 Å². The second kappa shape index (κ2) is 8.85. The highest BCUT2D eigenvalue weighted by atomic mass is 32.2. The molecule has 0 saturated carbocycles. The predicted molar refractivity (Wildman–Crippen MR) is 124 cm³/mol. The zero-order valence-corrected chi connectivity index (χ0v) is 18.9. The van der Waals surface area contributed by atoms with E-state index in [4.69, 9.17) is 5.48 Å². The number of likely N-dealkylation sites (N-methyl/N-ethyl adjacent to an activating group) is 1. The molecule has 0 aromatic heterocycles. The van der Waals surface area contributed by atoms with Crippen molar-refractivity contribution in [3.05, 3.63) is 59.6 Å². The van der Waals surface area contributed by atoms with Crippen LogP contribution in [-0.4, -0.2) is 76.3 Å². The smallest absolute Gasteiger partial charge is 0.242 e. The lowest BCUT2D eigenvalue weighted by Crippen LogP contribution is -2.44. The van der Waals surface area contributed by atoms with E-state index in [2.05, 4.69) is 4.90 Å². The number of fused-ring (bicyclic) bond motifs is 2. The quantitative estimate of drug-likeness (QED) is 0.599. The molecule has 30 heavy (non-hydrogen) atoms. The van der Waals surface area contributed by atoms with Crippen LogP contribution in [0.25, 0.3) is 5.57 Å². The van der Waals surface area contributed by atoms with Crippen LogP contribution in [0.15, 0.2) is 63.2 Å². The first-order valence-electron chi connectivity index (χ1n) is 12.0. The third-order valence-corrected chi connectivity index (χ3v) is 8.44. The highest BCUT2D eigenvalue weighted by Crippen LogP contribution is 2.46. The molecule has 160 valence electrons. The average molecular weight is 448 g/mol. The van der Waals surface area contributed by atoms with Gasteiger partial charge in [-0.2, -0.15) is 0 Å². The van der Waals surface area contributed by atoms with Gasteiger partial charge < -0.3 is 9.80 Å². The Hall–Kier alpha value is -1.64. The van der Waals surface area contributed by atoms with Crippen LogP contribution in [0.5, 0.6) is 0 Å². The van der Waals surface area contributed by atoms with Crippen LogP contribution in [0.3, 0.4) is 0 Å². The zero-order valence-electron chi connectivity index (χ0n) is 21.3. The normalized spacial score (nSPS) is 21.8. The highest BCUT2D eigenvalue weighted by Gasteiger charge is 2.25. The first-order chi connectivity index (χ1) is 16.0. The van der Waals surface area contributed by atoms with Gasteiger partial charge in [0.2, 0.25) is 10.0 Å². The van der Waals surface area contributed by atoms with Gasteiger partial charge in [-0.3, -0.25) is 0 Å². The standard InChI is InChI=1S/C23H29N3O2S2/c1-24(2)30(27,28)18-10-11-23-21(17-18)19(20-7-4-5-9-22(20)29-23)8-6-12-26-15-13-25(3)14-16-26/h4-5,7-11,17H,6,12-16H2,1-3H3/b19-8-/i3D3,8D. The van der Waals surface area contributed by atoms with E-state index in [0.717, 1.165) is 26.5 Å². The Labute approximate surface area is 190 Å². The van der Waals surface area contributed by atoms with Gasteiger partial charge in [0.25, 0.3) is 0 Å². The number of rotatable bonds is 5. The summed E-state index contributed by atoms with van der Waals surface area (Å²) in [6, 6.07) is 13.5. The van der Waals surface area contributed by atoms with Crippen molar-refractivity contribution in [2.24, 2.45) is 0 Å². The molecule has 1 saturated heterocycles. The number of piperazine rings is 1. The lowest BCUT2D eigenvalue weighted by Gasteiger charge is -2.32. The zero-order chi connectivity index (χ0) is 24.7. The molecular formula is C23H29N3O2S2. The van der Waals surface area contributed by atoms with Gasteiger partial charge in [0, 0.05) is 60.7 Å². The summed E-state index contributed by atoms with van der Waals surface area (Å²) in [5.74, 6) is 0. The Morgan fingerprint density at radius 1 is 1.10 bits per heavy atom. The van der Waals surface area contributed by atoms with Gasteiger partial charge in [0.15, 0.2) is 0 Å². The number of sulfonamides is 1. The van der Waals surface area contributed by atoms with Crippen LogP contribution in [0.1, 0.15) is 23.0 Å². The second-order valence-electron chi connectivity index (χ2n) is 7.67. The summed E-state index contributed by atoms with van der Waals surface area (Å²) < 4.78 is 58.5. The van der Waals surface area contributed by atoms with E-state index in [1.165, 1.54) is 23.3 Å². The van der Waals surface area contributed by atoms with Crippen molar-refractivity contribution in [1.82, 2.24) is 14.1 Å². The van der Waals surface area contributed by atoms with E-state index in [0.29, 0.717) is 45.2 Å². The van der Waals surface area contributed by atoms with E-state index < -0.39 is 17.0 Å². The Kier molecular flexibility index (Phi) is 5.01. The molecule has 5 nitrogen and oxygen atoms in total. The van der Waals surface area contributed by atoms with Crippen molar-refractivity contribution >= 4 is 27.4 Å². The molecule has 2 aromatic rings. The average Bonchev–Trinajstić information content (AvgIpc) is 2.80. The maximum absolute atomic E-state index is 12.8. The van der Waals surface area contributed by atoms with Gasteiger partial charge in [-0.05, 0) is 54.4 Å².